The number of nitrogens with one attached hydrogen (secondary N) is 1. The van der Waals surface area contributed by atoms with E-state index in [1.807, 2.05) is 0 Å². The van der Waals surface area contributed by atoms with Crippen molar-refractivity contribution < 1.29 is 23.9 Å². The van der Waals surface area contributed by atoms with E-state index in [1.165, 1.54) is 34.4 Å². The van der Waals surface area contributed by atoms with E-state index in [0.717, 1.165) is 29.7 Å². The number of nitrogens with zero attached hydrogens (tertiary/aromatic N) is 1. The molecule has 2 aromatic heterocycles. The highest BCUT2D eigenvalue weighted by Gasteiger charge is 2.30. The fourth-order valence-corrected chi connectivity index (χ4v) is 6.84. The SMILES string of the molecule is CCOC(=O)Cc1csc(SC(C)C(=O)Nc2sc3c(c2C(=O)OCC)CCC(C)C3)n1. The third-order valence-electron chi connectivity index (χ3n) is 5.04. The van der Waals surface area contributed by atoms with Gasteiger partial charge in [-0.05, 0) is 51.5 Å². The van der Waals surface area contributed by atoms with Crippen molar-refractivity contribution in [1.29, 1.82) is 0 Å². The molecule has 3 rings (SSSR count). The summed E-state index contributed by atoms with van der Waals surface area (Å²) in [5, 5.41) is 4.91. The Morgan fingerprint density at radius 1 is 1.28 bits per heavy atom. The molecule has 0 saturated carbocycles. The number of anilines is 1. The first-order valence-corrected chi connectivity index (χ1v) is 13.3. The van der Waals surface area contributed by atoms with E-state index >= 15 is 0 Å². The molecule has 1 aliphatic carbocycles. The van der Waals surface area contributed by atoms with Crippen molar-refractivity contribution in [3.8, 4) is 0 Å². The Balaban J connectivity index is 1.69. The maximum atomic E-state index is 12.9. The molecule has 1 aliphatic rings. The quantitative estimate of drug-likeness (QED) is 0.396. The molecule has 2 aromatic rings. The Morgan fingerprint density at radius 2 is 2.03 bits per heavy atom. The summed E-state index contributed by atoms with van der Waals surface area (Å²) in [5.41, 5.74) is 2.16. The molecule has 0 saturated heterocycles. The van der Waals surface area contributed by atoms with Crippen LogP contribution in [0.15, 0.2) is 9.72 Å². The zero-order chi connectivity index (χ0) is 23.3. The summed E-state index contributed by atoms with van der Waals surface area (Å²) in [4.78, 5) is 42.8. The third kappa shape index (κ3) is 6.11. The van der Waals surface area contributed by atoms with Crippen LogP contribution in [-0.4, -0.2) is 41.3 Å². The van der Waals surface area contributed by atoms with Crippen LogP contribution in [-0.2, 0) is 38.3 Å². The lowest BCUT2D eigenvalue weighted by molar-refractivity contribution is -0.142. The second-order valence-electron chi connectivity index (χ2n) is 7.61. The smallest absolute Gasteiger partial charge is 0.341 e. The molecule has 0 radical (unpaired) electrons. The predicted octanol–water partition coefficient (Wildman–Crippen LogP) is 4.73. The molecule has 1 N–H and O–H groups in total. The summed E-state index contributed by atoms with van der Waals surface area (Å²) in [6, 6.07) is 0. The van der Waals surface area contributed by atoms with Gasteiger partial charge in [0, 0.05) is 10.3 Å². The number of hydrogen-bond acceptors (Lipinski definition) is 9. The lowest BCUT2D eigenvalue weighted by atomic mass is 9.88. The number of rotatable bonds is 9. The van der Waals surface area contributed by atoms with Gasteiger partial charge in [-0.2, -0.15) is 0 Å². The van der Waals surface area contributed by atoms with Crippen LogP contribution in [0.5, 0.6) is 0 Å². The van der Waals surface area contributed by atoms with Gasteiger partial charge in [-0.15, -0.1) is 22.7 Å². The van der Waals surface area contributed by atoms with Gasteiger partial charge in [-0.3, -0.25) is 9.59 Å². The lowest BCUT2D eigenvalue weighted by Gasteiger charge is -2.18. The number of amides is 1. The van der Waals surface area contributed by atoms with Gasteiger partial charge < -0.3 is 14.8 Å². The molecule has 0 aliphatic heterocycles. The number of thiophene rings is 1. The average molecular weight is 497 g/mol. The van der Waals surface area contributed by atoms with E-state index in [0.29, 0.717) is 33.1 Å². The van der Waals surface area contributed by atoms with Gasteiger partial charge in [0.1, 0.15) is 5.00 Å². The highest BCUT2D eigenvalue weighted by atomic mass is 32.2. The first kappa shape index (κ1) is 24.7. The number of thiazole rings is 1. The van der Waals surface area contributed by atoms with Crippen LogP contribution in [0.25, 0.3) is 0 Å². The van der Waals surface area contributed by atoms with E-state index in [-0.39, 0.29) is 30.9 Å². The van der Waals surface area contributed by atoms with Crippen molar-refractivity contribution in [2.45, 2.75) is 63.0 Å². The zero-order valence-corrected chi connectivity index (χ0v) is 21.1. The van der Waals surface area contributed by atoms with E-state index in [4.69, 9.17) is 9.47 Å². The number of carbonyl (C=O) groups excluding carboxylic acids is 3. The van der Waals surface area contributed by atoms with Crippen LogP contribution in [0.4, 0.5) is 5.00 Å². The molecule has 10 heteroatoms. The second-order valence-corrected chi connectivity index (χ2v) is 11.2. The molecule has 174 valence electrons. The van der Waals surface area contributed by atoms with Crippen molar-refractivity contribution in [2.75, 3.05) is 18.5 Å². The molecule has 0 aromatic carbocycles. The van der Waals surface area contributed by atoms with Crippen molar-refractivity contribution in [3.63, 3.8) is 0 Å². The molecule has 0 spiro atoms. The largest absolute Gasteiger partial charge is 0.466 e. The van der Waals surface area contributed by atoms with Crippen LogP contribution in [0.2, 0.25) is 0 Å². The maximum absolute atomic E-state index is 12.9. The number of carbonyl (C=O) groups is 3. The van der Waals surface area contributed by atoms with Gasteiger partial charge in [-0.1, -0.05) is 18.7 Å². The van der Waals surface area contributed by atoms with Crippen molar-refractivity contribution in [2.24, 2.45) is 5.92 Å². The molecule has 2 atom stereocenters. The fourth-order valence-electron chi connectivity index (χ4n) is 3.46. The Labute approximate surface area is 200 Å². The van der Waals surface area contributed by atoms with Crippen LogP contribution in [0.3, 0.4) is 0 Å². The fraction of sp³-hybridized carbons (Fsp3) is 0.545. The third-order valence-corrected chi connectivity index (χ3v) is 8.33. The number of fused-ring (bicyclic) bond motifs is 1. The van der Waals surface area contributed by atoms with Gasteiger partial charge >= 0.3 is 11.9 Å². The number of thioether (sulfide) groups is 1. The van der Waals surface area contributed by atoms with Crippen molar-refractivity contribution in [1.82, 2.24) is 4.98 Å². The zero-order valence-electron chi connectivity index (χ0n) is 18.7. The Morgan fingerprint density at radius 3 is 2.75 bits per heavy atom. The molecule has 7 nitrogen and oxygen atoms in total. The van der Waals surface area contributed by atoms with Gasteiger partial charge in [0.05, 0.1) is 36.1 Å². The van der Waals surface area contributed by atoms with Gasteiger partial charge in [-0.25, -0.2) is 9.78 Å². The Kier molecular flexibility index (Phi) is 8.72. The van der Waals surface area contributed by atoms with Gasteiger partial charge in [0.15, 0.2) is 4.34 Å². The number of hydrogen-bond donors (Lipinski definition) is 1. The number of aromatic nitrogens is 1. The summed E-state index contributed by atoms with van der Waals surface area (Å²) >= 11 is 4.20. The van der Waals surface area contributed by atoms with E-state index in [9.17, 15) is 14.4 Å². The van der Waals surface area contributed by atoms with E-state index in [2.05, 4.69) is 17.2 Å². The molecular formula is C22H28N2O5S3. The molecule has 2 unspecified atom stereocenters. The summed E-state index contributed by atoms with van der Waals surface area (Å²) in [6.07, 6.45) is 2.88. The predicted molar refractivity (Wildman–Crippen MR) is 128 cm³/mol. The molecule has 1 amide bonds. The number of ether oxygens (including phenoxy) is 2. The minimum absolute atomic E-state index is 0.119. The molecule has 32 heavy (non-hydrogen) atoms. The lowest BCUT2D eigenvalue weighted by Crippen LogP contribution is -2.23. The number of esters is 2. The monoisotopic (exact) mass is 496 g/mol. The van der Waals surface area contributed by atoms with E-state index < -0.39 is 5.25 Å². The summed E-state index contributed by atoms with van der Waals surface area (Å²) in [7, 11) is 0. The maximum Gasteiger partial charge on any atom is 0.341 e. The molecular weight excluding hydrogens is 468 g/mol. The van der Waals surface area contributed by atoms with Crippen LogP contribution >= 0.6 is 34.4 Å². The normalized spacial score (nSPS) is 16.2. The van der Waals surface area contributed by atoms with Crippen LogP contribution in [0, 0.1) is 5.92 Å². The highest BCUT2D eigenvalue weighted by Crippen LogP contribution is 2.40. The standard InChI is InChI=1S/C22H28N2O5S3/c1-5-28-17(25)10-14-11-30-22(23-14)31-13(4)19(26)24-20-18(21(27)29-6-2)15-8-7-12(3)9-16(15)32-20/h11-13H,5-10H2,1-4H3,(H,24,26). The molecule has 0 fully saturated rings. The Hall–Kier alpha value is -1.91. The first-order chi connectivity index (χ1) is 15.3. The van der Waals surface area contributed by atoms with Crippen molar-refractivity contribution in [3.05, 3.63) is 27.1 Å². The minimum Gasteiger partial charge on any atom is -0.466 e. The molecule has 0 bridgehead atoms. The average Bonchev–Trinajstić information content (AvgIpc) is 3.31. The summed E-state index contributed by atoms with van der Waals surface area (Å²) in [6.45, 7) is 8.16. The Bertz CT molecular complexity index is 984. The first-order valence-electron chi connectivity index (χ1n) is 10.7. The van der Waals surface area contributed by atoms with E-state index in [1.54, 1.807) is 26.2 Å². The summed E-state index contributed by atoms with van der Waals surface area (Å²) < 4.78 is 10.9. The highest BCUT2D eigenvalue weighted by molar-refractivity contribution is 8.02. The second kappa shape index (κ2) is 11.3. The van der Waals surface area contributed by atoms with Gasteiger partial charge in [0.25, 0.3) is 0 Å². The van der Waals surface area contributed by atoms with Crippen LogP contribution in [0.1, 0.15) is 60.6 Å². The van der Waals surface area contributed by atoms with Gasteiger partial charge in [0.2, 0.25) is 5.91 Å². The van der Waals surface area contributed by atoms with Crippen molar-refractivity contribution >= 4 is 57.3 Å². The van der Waals surface area contributed by atoms with Crippen LogP contribution < -0.4 is 5.32 Å². The molecule has 2 heterocycles. The summed E-state index contributed by atoms with van der Waals surface area (Å²) in [5.74, 6) is -0.335. The minimum atomic E-state index is -0.426. The topological polar surface area (TPSA) is 94.6 Å².